The summed E-state index contributed by atoms with van der Waals surface area (Å²) in [5, 5.41) is 10.6. The molecule has 0 bridgehead atoms. The Bertz CT molecular complexity index is 432. The Balaban J connectivity index is 1.67. The summed E-state index contributed by atoms with van der Waals surface area (Å²) in [7, 11) is 0. The zero-order valence-electron chi connectivity index (χ0n) is 11.2. The summed E-state index contributed by atoms with van der Waals surface area (Å²) < 4.78 is 0. The summed E-state index contributed by atoms with van der Waals surface area (Å²) in [5.41, 5.74) is 0.869. The van der Waals surface area contributed by atoms with E-state index in [-0.39, 0.29) is 0 Å². The van der Waals surface area contributed by atoms with E-state index in [0.29, 0.717) is 16.8 Å². The molecule has 1 atom stereocenters. The number of aromatic hydroxyl groups is 1. The molecule has 0 amide bonds. The van der Waals surface area contributed by atoms with Gasteiger partial charge in [0.1, 0.15) is 5.75 Å². The number of hydrogen-bond acceptors (Lipinski definition) is 3. The third-order valence-corrected chi connectivity index (χ3v) is 4.75. The third-order valence-electron chi connectivity index (χ3n) is 4.40. The van der Waals surface area contributed by atoms with Gasteiger partial charge in [0.05, 0.1) is 0 Å². The Morgan fingerprint density at radius 1 is 1.21 bits per heavy atom. The predicted molar refractivity (Wildman–Crippen MR) is 77.6 cm³/mol. The van der Waals surface area contributed by atoms with E-state index in [1.807, 2.05) is 6.07 Å². The van der Waals surface area contributed by atoms with Gasteiger partial charge in [0, 0.05) is 42.8 Å². The number of rotatable bonds is 2. The second-order valence-electron chi connectivity index (χ2n) is 5.66. The summed E-state index contributed by atoms with van der Waals surface area (Å²) in [5.74, 6) is 0.318. The van der Waals surface area contributed by atoms with E-state index in [4.69, 9.17) is 11.6 Å². The van der Waals surface area contributed by atoms with Crippen molar-refractivity contribution < 1.29 is 5.11 Å². The highest BCUT2D eigenvalue weighted by Crippen LogP contribution is 2.28. The van der Waals surface area contributed by atoms with Crippen LogP contribution in [0.3, 0.4) is 0 Å². The van der Waals surface area contributed by atoms with Crippen LogP contribution in [-0.4, -0.2) is 47.1 Å². The zero-order chi connectivity index (χ0) is 13.2. The number of piperidine rings is 1. The first-order chi connectivity index (χ1) is 9.24. The number of nitrogens with zero attached hydrogens (tertiary/aromatic N) is 2. The van der Waals surface area contributed by atoms with Gasteiger partial charge in [0.2, 0.25) is 0 Å². The molecule has 0 saturated carbocycles. The van der Waals surface area contributed by atoms with E-state index in [2.05, 4.69) is 9.80 Å². The molecule has 1 unspecified atom stereocenters. The standard InChI is InChI=1S/C15H21ClN2O/c16-14-5-3-6-15(19)13(14)11-17-8-9-18-7-2-1-4-12(18)10-17/h3,5-6,12,19H,1-2,4,7-11H2. The molecule has 2 aliphatic rings. The van der Waals surface area contributed by atoms with Crippen LogP contribution in [-0.2, 0) is 6.54 Å². The summed E-state index contributed by atoms with van der Waals surface area (Å²) in [6.07, 6.45) is 4.01. The quantitative estimate of drug-likeness (QED) is 0.902. The fraction of sp³-hybridized carbons (Fsp3) is 0.600. The average molecular weight is 281 g/mol. The topological polar surface area (TPSA) is 26.7 Å². The normalized spacial score (nSPS) is 25.2. The van der Waals surface area contributed by atoms with Gasteiger partial charge >= 0.3 is 0 Å². The lowest BCUT2D eigenvalue weighted by Crippen LogP contribution is -2.54. The number of phenols is 1. The van der Waals surface area contributed by atoms with Crippen LogP contribution >= 0.6 is 11.6 Å². The van der Waals surface area contributed by atoms with E-state index < -0.39 is 0 Å². The smallest absolute Gasteiger partial charge is 0.121 e. The van der Waals surface area contributed by atoms with Crippen LogP contribution in [0.5, 0.6) is 5.75 Å². The molecule has 1 aromatic carbocycles. The maximum absolute atomic E-state index is 9.93. The number of halogens is 1. The van der Waals surface area contributed by atoms with Crippen LogP contribution in [0.25, 0.3) is 0 Å². The number of fused-ring (bicyclic) bond motifs is 1. The molecule has 2 saturated heterocycles. The second kappa shape index (κ2) is 5.70. The van der Waals surface area contributed by atoms with Crippen molar-refractivity contribution in [2.24, 2.45) is 0 Å². The first-order valence-electron chi connectivity index (χ1n) is 7.17. The van der Waals surface area contributed by atoms with Crippen LogP contribution in [0.15, 0.2) is 18.2 Å². The Kier molecular flexibility index (Phi) is 3.96. The van der Waals surface area contributed by atoms with Crippen molar-refractivity contribution >= 4 is 11.6 Å². The van der Waals surface area contributed by atoms with Crippen LogP contribution in [0, 0.1) is 0 Å². The lowest BCUT2D eigenvalue weighted by atomic mass is 9.99. The summed E-state index contributed by atoms with van der Waals surface area (Å²) in [6, 6.07) is 6.07. The Morgan fingerprint density at radius 3 is 2.95 bits per heavy atom. The van der Waals surface area contributed by atoms with E-state index in [1.54, 1.807) is 12.1 Å². The maximum Gasteiger partial charge on any atom is 0.121 e. The predicted octanol–water partition coefficient (Wildman–Crippen LogP) is 2.72. The van der Waals surface area contributed by atoms with Gasteiger partial charge in [0.25, 0.3) is 0 Å². The molecule has 19 heavy (non-hydrogen) atoms. The van der Waals surface area contributed by atoms with Crippen molar-refractivity contribution in [1.29, 1.82) is 0 Å². The second-order valence-corrected chi connectivity index (χ2v) is 6.07. The molecule has 0 radical (unpaired) electrons. The zero-order valence-corrected chi connectivity index (χ0v) is 11.9. The van der Waals surface area contributed by atoms with Crippen LogP contribution in [0.4, 0.5) is 0 Å². The van der Waals surface area contributed by atoms with Crippen LogP contribution < -0.4 is 0 Å². The molecular weight excluding hydrogens is 260 g/mol. The summed E-state index contributed by atoms with van der Waals surface area (Å²) in [4.78, 5) is 5.04. The number of benzene rings is 1. The first kappa shape index (κ1) is 13.2. The fourth-order valence-corrected chi connectivity index (χ4v) is 3.52. The molecule has 1 N–H and O–H groups in total. The Hall–Kier alpha value is -0.770. The Morgan fingerprint density at radius 2 is 2.11 bits per heavy atom. The van der Waals surface area contributed by atoms with E-state index >= 15 is 0 Å². The average Bonchev–Trinajstić information content (AvgIpc) is 2.43. The van der Waals surface area contributed by atoms with Crippen molar-refractivity contribution in [2.75, 3.05) is 26.2 Å². The molecule has 2 heterocycles. The van der Waals surface area contributed by atoms with Gasteiger partial charge in [-0.1, -0.05) is 24.1 Å². The van der Waals surface area contributed by atoms with Crippen molar-refractivity contribution in [3.8, 4) is 5.75 Å². The van der Waals surface area contributed by atoms with Crippen molar-refractivity contribution in [3.63, 3.8) is 0 Å². The third kappa shape index (κ3) is 2.88. The molecule has 0 aliphatic carbocycles. The molecule has 0 spiro atoms. The van der Waals surface area contributed by atoms with Crippen molar-refractivity contribution in [3.05, 3.63) is 28.8 Å². The first-order valence-corrected chi connectivity index (χ1v) is 7.54. The van der Waals surface area contributed by atoms with Gasteiger partial charge in [-0.05, 0) is 31.5 Å². The molecule has 2 fully saturated rings. The van der Waals surface area contributed by atoms with Gasteiger partial charge in [-0.15, -0.1) is 0 Å². The highest BCUT2D eigenvalue weighted by molar-refractivity contribution is 6.31. The molecule has 3 nitrogen and oxygen atoms in total. The minimum absolute atomic E-state index is 0.318. The fourth-order valence-electron chi connectivity index (χ4n) is 3.29. The van der Waals surface area contributed by atoms with Gasteiger partial charge in [-0.25, -0.2) is 0 Å². The van der Waals surface area contributed by atoms with Crippen LogP contribution in [0.2, 0.25) is 5.02 Å². The van der Waals surface area contributed by atoms with Gasteiger partial charge in [-0.2, -0.15) is 0 Å². The van der Waals surface area contributed by atoms with Gasteiger partial charge < -0.3 is 5.11 Å². The maximum atomic E-state index is 9.93. The van der Waals surface area contributed by atoms with Gasteiger partial charge in [-0.3, -0.25) is 9.80 Å². The lowest BCUT2D eigenvalue weighted by Gasteiger charge is -2.44. The van der Waals surface area contributed by atoms with Crippen molar-refractivity contribution in [1.82, 2.24) is 9.80 Å². The number of phenolic OH excluding ortho intramolecular Hbond substituents is 1. The Labute approximate surface area is 119 Å². The molecule has 3 rings (SSSR count). The molecule has 0 aromatic heterocycles. The highest BCUT2D eigenvalue weighted by atomic mass is 35.5. The minimum atomic E-state index is 0.318. The molecule has 2 aliphatic heterocycles. The summed E-state index contributed by atoms with van der Waals surface area (Å²) in [6.45, 7) is 5.34. The van der Waals surface area contributed by atoms with Crippen molar-refractivity contribution in [2.45, 2.75) is 31.8 Å². The molecule has 4 heteroatoms. The molecule has 104 valence electrons. The highest BCUT2D eigenvalue weighted by Gasteiger charge is 2.29. The minimum Gasteiger partial charge on any atom is -0.508 e. The lowest BCUT2D eigenvalue weighted by molar-refractivity contribution is 0.0454. The largest absolute Gasteiger partial charge is 0.508 e. The monoisotopic (exact) mass is 280 g/mol. The van der Waals surface area contributed by atoms with Crippen LogP contribution in [0.1, 0.15) is 24.8 Å². The SMILES string of the molecule is Oc1cccc(Cl)c1CN1CCN2CCCCC2C1. The molecular formula is C15H21ClN2O. The summed E-state index contributed by atoms with van der Waals surface area (Å²) >= 11 is 6.19. The van der Waals surface area contributed by atoms with E-state index in [1.165, 1.54) is 25.8 Å². The van der Waals surface area contributed by atoms with E-state index in [9.17, 15) is 5.11 Å². The number of hydrogen-bond donors (Lipinski definition) is 1. The molecule has 1 aromatic rings. The van der Waals surface area contributed by atoms with Gasteiger partial charge in [0.15, 0.2) is 0 Å². The van der Waals surface area contributed by atoms with E-state index in [0.717, 1.165) is 31.7 Å². The number of piperazine rings is 1.